The summed E-state index contributed by atoms with van der Waals surface area (Å²) in [7, 11) is 0. The number of fused-ring (bicyclic) bond motifs is 1. The van der Waals surface area contributed by atoms with Gasteiger partial charge in [-0.2, -0.15) is 4.98 Å². The van der Waals surface area contributed by atoms with E-state index >= 15 is 0 Å². The van der Waals surface area contributed by atoms with Crippen molar-refractivity contribution < 1.29 is 14.6 Å². The molecule has 2 heterocycles. The molecule has 8 nitrogen and oxygen atoms in total. The second kappa shape index (κ2) is 8.40. The van der Waals surface area contributed by atoms with E-state index in [-0.39, 0.29) is 16.9 Å². The number of H-pyrrole nitrogens is 1. The predicted octanol–water partition coefficient (Wildman–Crippen LogP) is 2.99. The van der Waals surface area contributed by atoms with E-state index in [1.807, 2.05) is 32.0 Å². The molecule has 142 valence electrons. The number of nitrogens with zero attached hydrogens (tertiary/aromatic N) is 2. The lowest BCUT2D eigenvalue weighted by molar-refractivity contribution is -0.115. The molecule has 0 saturated carbocycles. The number of carbonyl (C=O) groups is 1. The Morgan fingerprint density at radius 2 is 2.19 bits per heavy atom. The number of hydrogen-bond acceptors (Lipinski definition) is 8. The number of amides is 1. The molecule has 1 aromatic carbocycles. The molecule has 3 rings (SSSR count). The van der Waals surface area contributed by atoms with Crippen LogP contribution in [0, 0.1) is 0 Å². The first kappa shape index (κ1) is 19.2. The monoisotopic (exact) mass is 406 g/mol. The van der Waals surface area contributed by atoms with Crippen LogP contribution in [0.2, 0.25) is 0 Å². The van der Waals surface area contributed by atoms with Crippen LogP contribution < -0.4 is 15.6 Å². The number of nitrogens with one attached hydrogen (secondary N) is 2. The number of ether oxygens (including phenoxy) is 1. The lowest BCUT2D eigenvalue weighted by Crippen LogP contribution is -2.25. The highest BCUT2D eigenvalue weighted by Gasteiger charge is 2.21. The number of anilines is 1. The van der Waals surface area contributed by atoms with Gasteiger partial charge in [0.05, 0.1) is 28.1 Å². The van der Waals surface area contributed by atoms with Gasteiger partial charge in [-0.1, -0.05) is 30.0 Å². The first-order chi connectivity index (χ1) is 13.0. The number of rotatable bonds is 7. The Balaban J connectivity index is 1.74. The summed E-state index contributed by atoms with van der Waals surface area (Å²) in [6.07, 6.45) is 0.509. The fourth-order valence-corrected chi connectivity index (χ4v) is 4.14. The van der Waals surface area contributed by atoms with Crippen molar-refractivity contribution in [3.63, 3.8) is 0 Å². The zero-order valence-electron chi connectivity index (χ0n) is 14.7. The molecule has 0 aliphatic carbocycles. The molecular formula is C17H18N4O4S2. The third-order valence-corrected chi connectivity index (χ3v) is 5.71. The van der Waals surface area contributed by atoms with Crippen molar-refractivity contribution in [1.82, 2.24) is 15.0 Å². The summed E-state index contributed by atoms with van der Waals surface area (Å²) in [6.45, 7) is 4.35. The standard InChI is InChI=1S/C17H18N4O4S2/c1-3-11(26-17-19-13(22)8-14(23)20-17)15(24)21-16-18-10-6-5-9(25-4-2)7-12(10)27-16/h5-8,11H,3-4H2,1-2H3,(H,18,21,24)(H2,19,20,22,23). The minimum absolute atomic E-state index is 0.188. The van der Waals surface area contributed by atoms with Crippen molar-refractivity contribution in [1.29, 1.82) is 0 Å². The summed E-state index contributed by atoms with van der Waals surface area (Å²) in [5.41, 5.74) is 0.301. The fraction of sp³-hybridized carbons (Fsp3) is 0.294. The first-order valence-electron chi connectivity index (χ1n) is 8.29. The number of aromatic nitrogens is 3. The van der Waals surface area contributed by atoms with Gasteiger partial charge in [-0.3, -0.25) is 9.59 Å². The number of aromatic amines is 1. The predicted molar refractivity (Wildman–Crippen MR) is 106 cm³/mol. The van der Waals surface area contributed by atoms with Crippen molar-refractivity contribution in [2.75, 3.05) is 11.9 Å². The molecule has 0 fully saturated rings. The van der Waals surface area contributed by atoms with Gasteiger partial charge in [-0.25, -0.2) is 4.98 Å². The number of thioether (sulfide) groups is 1. The van der Waals surface area contributed by atoms with Crippen molar-refractivity contribution in [3.8, 4) is 11.6 Å². The largest absolute Gasteiger partial charge is 0.494 e. The molecule has 2 aromatic heterocycles. The van der Waals surface area contributed by atoms with Crippen molar-refractivity contribution in [2.45, 2.75) is 30.7 Å². The third kappa shape index (κ3) is 4.77. The summed E-state index contributed by atoms with van der Waals surface area (Å²) >= 11 is 2.44. The smallest absolute Gasteiger partial charge is 0.255 e. The highest BCUT2D eigenvalue weighted by Crippen LogP contribution is 2.30. The lowest BCUT2D eigenvalue weighted by Gasteiger charge is -2.12. The van der Waals surface area contributed by atoms with Crippen LogP contribution in [0.5, 0.6) is 11.6 Å². The van der Waals surface area contributed by atoms with Crippen LogP contribution in [0.25, 0.3) is 10.2 Å². The van der Waals surface area contributed by atoms with E-state index in [1.54, 1.807) is 0 Å². The Kier molecular flexibility index (Phi) is 5.97. The molecule has 1 atom stereocenters. The van der Waals surface area contributed by atoms with E-state index < -0.39 is 10.8 Å². The molecule has 0 radical (unpaired) electrons. The van der Waals surface area contributed by atoms with Crippen molar-refractivity contribution in [3.05, 3.63) is 34.6 Å². The number of thiazole rings is 1. The van der Waals surface area contributed by atoms with E-state index in [9.17, 15) is 14.7 Å². The SMILES string of the molecule is CCOc1ccc2nc(NC(=O)C(CC)Sc3nc(O)cc(=O)[nH]3)sc2c1. The van der Waals surface area contributed by atoms with Gasteiger partial charge in [0, 0.05) is 0 Å². The Morgan fingerprint density at radius 1 is 1.37 bits per heavy atom. The topological polar surface area (TPSA) is 117 Å². The maximum atomic E-state index is 12.6. The van der Waals surface area contributed by atoms with Crippen LogP contribution in [0.3, 0.4) is 0 Å². The second-order valence-corrected chi connectivity index (χ2v) is 7.72. The van der Waals surface area contributed by atoms with Crippen LogP contribution in [0.15, 0.2) is 34.2 Å². The summed E-state index contributed by atoms with van der Waals surface area (Å²) in [6, 6.07) is 6.55. The van der Waals surface area contributed by atoms with Gasteiger partial charge in [-0.05, 0) is 31.5 Å². The van der Waals surface area contributed by atoms with Crippen LogP contribution in [-0.4, -0.2) is 37.8 Å². The molecule has 0 spiro atoms. The van der Waals surface area contributed by atoms with Gasteiger partial charge in [0.2, 0.25) is 11.8 Å². The third-order valence-electron chi connectivity index (χ3n) is 3.52. The number of hydrogen-bond donors (Lipinski definition) is 3. The highest BCUT2D eigenvalue weighted by molar-refractivity contribution is 8.00. The number of benzene rings is 1. The Morgan fingerprint density at radius 3 is 2.89 bits per heavy atom. The molecule has 0 aliphatic rings. The molecule has 10 heteroatoms. The van der Waals surface area contributed by atoms with Gasteiger partial charge in [-0.15, -0.1) is 0 Å². The average Bonchev–Trinajstić information content (AvgIpc) is 3.00. The molecule has 0 aliphatic heterocycles. The molecule has 3 aromatic rings. The summed E-state index contributed by atoms with van der Waals surface area (Å²) in [5, 5.41) is 12.4. The van der Waals surface area contributed by atoms with Gasteiger partial charge in [0.1, 0.15) is 5.75 Å². The molecule has 1 unspecified atom stereocenters. The molecular weight excluding hydrogens is 388 g/mol. The normalized spacial score (nSPS) is 12.1. The first-order valence-corrected chi connectivity index (χ1v) is 9.99. The fourth-order valence-electron chi connectivity index (χ4n) is 2.34. The molecule has 3 N–H and O–H groups in total. The van der Waals surface area contributed by atoms with Crippen molar-refractivity contribution >= 4 is 44.4 Å². The minimum atomic E-state index is -0.499. The molecule has 0 bridgehead atoms. The van der Waals surface area contributed by atoms with Crippen LogP contribution in [-0.2, 0) is 4.79 Å². The van der Waals surface area contributed by atoms with Gasteiger partial charge in [0.25, 0.3) is 5.56 Å². The minimum Gasteiger partial charge on any atom is -0.494 e. The summed E-state index contributed by atoms with van der Waals surface area (Å²) < 4.78 is 6.39. The number of carbonyl (C=O) groups excluding carboxylic acids is 1. The summed E-state index contributed by atoms with van der Waals surface area (Å²) in [4.78, 5) is 34.8. The Bertz CT molecular complexity index is 1020. The van der Waals surface area contributed by atoms with E-state index in [4.69, 9.17) is 4.74 Å². The highest BCUT2D eigenvalue weighted by atomic mass is 32.2. The average molecular weight is 406 g/mol. The quantitative estimate of drug-likeness (QED) is 0.408. The Labute approximate surface area is 163 Å². The lowest BCUT2D eigenvalue weighted by atomic mass is 10.3. The van der Waals surface area contributed by atoms with Gasteiger partial charge >= 0.3 is 0 Å². The van der Waals surface area contributed by atoms with Crippen LogP contribution >= 0.6 is 23.1 Å². The van der Waals surface area contributed by atoms with E-state index in [0.29, 0.717) is 18.2 Å². The second-order valence-electron chi connectivity index (χ2n) is 5.49. The van der Waals surface area contributed by atoms with Crippen LogP contribution in [0.1, 0.15) is 20.3 Å². The van der Waals surface area contributed by atoms with Gasteiger partial charge in [0.15, 0.2) is 10.3 Å². The maximum Gasteiger partial charge on any atom is 0.255 e. The van der Waals surface area contributed by atoms with E-state index in [2.05, 4.69) is 20.3 Å². The van der Waals surface area contributed by atoms with Gasteiger partial charge < -0.3 is 20.1 Å². The molecule has 27 heavy (non-hydrogen) atoms. The Hall–Kier alpha value is -2.59. The summed E-state index contributed by atoms with van der Waals surface area (Å²) in [5.74, 6) is 0.123. The van der Waals surface area contributed by atoms with E-state index in [1.165, 1.54) is 11.3 Å². The van der Waals surface area contributed by atoms with Crippen molar-refractivity contribution in [2.24, 2.45) is 0 Å². The molecule has 1 amide bonds. The molecule has 0 saturated heterocycles. The van der Waals surface area contributed by atoms with Crippen LogP contribution in [0.4, 0.5) is 5.13 Å². The zero-order valence-corrected chi connectivity index (χ0v) is 16.3. The number of aromatic hydroxyl groups is 1. The maximum absolute atomic E-state index is 12.6. The van der Waals surface area contributed by atoms with E-state index in [0.717, 1.165) is 33.8 Å². The zero-order chi connectivity index (χ0) is 19.4.